The Kier molecular flexibility index (Phi) is 4.34. The van der Waals surface area contributed by atoms with E-state index in [1.165, 1.54) is 32.1 Å². The average molecular weight is 289 g/mol. The SMILES string of the molecule is CCC1CCCC(Nc2cc(COC)nc3ncnn23)C1. The van der Waals surface area contributed by atoms with Crippen LogP contribution in [0.2, 0.25) is 0 Å². The molecular formula is C15H23N5O. The van der Waals surface area contributed by atoms with Gasteiger partial charge in [0, 0.05) is 19.2 Å². The number of rotatable bonds is 5. The van der Waals surface area contributed by atoms with Crippen LogP contribution >= 0.6 is 0 Å². The number of nitrogens with zero attached hydrogens (tertiary/aromatic N) is 4. The molecule has 114 valence electrons. The number of hydrogen-bond acceptors (Lipinski definition) is 5. The first kappa shape index (κ1) is 14.3. The van der Waals surface area contributed by atoms with Crippen LogP contribution in [0.1, 0.15) is 44.7 Å². The molecule has 2 aromatic heterocycles. The minimum atomic E-state index is 0.486. The highest BCUT2D eigenvalue weighted by molar-refractivity contribution is 5.45. The van der Waals surface area contributed by atoms with Gasteiger partial charge in [0.2, 0.25) is 0 Å². The van der Waals surface area contributed by atoms with Gasteiger partial charge in [0.15, 0.2) is 0 Å². The van der Waals surface area contributed by atoms with Gasteiger partial charge in [-0.3, -0.25) is 0 Å². The fourth-order valence-corrected chi connectivity index (χ4v) is 3.19. The molecule has 3 rings (SSSR count). The van der Waals surface area contributed by atoms with Crippen molar-refractivity contribution < 1.29 is 4.74 Å². The molecule has 0 spiro atoms. The summed E-state index contributed by atoms with van der Waals surface area (Å²) in [5, 5.41) is 7.90. The molecule has 0 radical (unpaired) electrons. The van der Waals surface area contributed by atoms with Crippen LogP contribution in [0.15, 0.2) is 12.4 Å². The Morgan fingerprint density at radius 1 is 1.43 bits per heavy atom. The van der Waals surface area contributed by atoms with Crippen molar-refractivity contribution in [2.24, 2.45) is 5.92 Å². The van der Waals surface area contributed by atoms with E-state index in [9.17, 15) is 0 Å². The maximum atomic E-state index is 5.19. The maximum absolute atomic E-state index is 5.19. The van der Waals surface area contributed by atoms with Gasteiger partial charge in [0.25, 0.3) is 5.78 Å². The summed E-state index contributed by atoms with van der Waals surface area (Å²) in [6.07, 6.45) is 7.91. The first-order chi connectivity index (χ1) is 10.3. The molecule has 6 nitrogen and oxygen atoms in total. The molecular weight excluding hydrogens is 266 g/mol. The Balaban J connectivity index is 1.83. The fourth-order valence-electron chi connectivity index (χ4n) is 3.19. The molecule has 2 aromatic rings. The molecule has 0 amide bonds. The number of fused-ring (bicyclic) bond motifs is 1. The van der Waals surface area contributed by atoms with E-state index in [0.29, 0.717) is 18.4 Å². The average Bonchev–Trinajstić information content (AvgIpc) is 2.96. The highest BCUT2D eigenvalue weighted by Crippen LogP contribution is 2.28. The van der Waals surface area contributed by atoms with Crippen molar-refractivity contribution in [1.82, 2.24) is 19.6 Å². The second-order valence-electron chi connectivity index (χ2n) is 5.82. The molecule has 1 N–H and O–H groups in total. The van der Waals surface area contributed by atoms with Crippen molar-refractivity contribution in [1.29, 1.82) is 0 Å². The lowest BCUT2D eigenvalue weighted by Gasteiger charge is -2.29. The summed E-state index contributed by atoms with van der Waals surface area (Å²) in [5.41, 5.74) is 0.878. The van der Waals surface area contributed by atoms with Gasteiger partial charge in [0.1, 0.15) is 12.1 Å². The molecule has 2 atom stereocenters. The fraction of sp³-hybridized carbons (Fsp3) is 0.667. The lowest BCUT2D eigenvalue weighted by molar-refractivity contribution is 0.181. The standard InChI is InChI=1S/C15H23N5O/c1-3-11-5-4-6-12(7-11)18-14-8-13(9-21-2)19-15-16-10-17-20(14)15/h8,10-12,18H,3-7,9H2,1-2H3. The molecule has 0 aliphatic heterocycles. The van der Waals surface area contributed by atoms with Gasteiger partial charge in [-0.15, -0.1) is 0 Å². The molecule has 1 fully saturated rings. The first-order valence-corrected chi connectivity index (χ1v) is 7.75. The van der Waals surface area contributed by atoms with Crippen LogP contribution in [0, 0.1) is 5.92 Å². The van der Waals surface area contributed by atoms with Crippen LogP contribution in [0.4, 0.5) is 5.82 Å². The summed E-state index contributed by atoms with van der Waals surface area (Å²) in [6, 6.07) is 2.52. The van der Waals surface area contributed by atoms with Crippen molar-refractivity contribution >= 4 is 11.6 Å². The van der Waals surface area contributed by atoms with Gasteiger partial charge in [0.05, 0.1) is 12.3 Å². The number of hydrogen-bond donors (Lipinski definition) is 1. The predicted molar refractivity (Wildman–Crippen MR) is 81.2 cm³/mol. The van der Waals surface area contributed by atoms with E-state index in [1.807, 2.05) is 6.07 Å². The van der Waals surface area contributed by atoms with Crippen LogP contribution in [0.25, 0.3) is 5.78 Å². The van der Waals surface area contributed by atoms with Gasteiger partial charge in [-0.25, -0.2) is 4.98 Å². The molecule has 2 unspecified atom stereocenters. The minimum Gasteiger partial charge on any atom is -0.378 e. The number of nitrogens with one attached hydrogen (secondary N) is 1. The Bertz CT molecular complexity index is 597. The van der Waals surface area contributed by atoms with Gasteiger partial charge in [-0.2, -0.15) is 14.6 Å². The molecule has 1 saturated carbocycles. The lowest BCUT2D eigenvalue weighted by atomic mass is 9.84. The van der Waals surface area contributed by atoms with Crippen molar-refractivity contribution in [3.8, 4) is 0 Å². The molecule has 1 aliphatic rings. The summed E-state index contributed by atoms with van der Waals surface area (Å²) in [7, 11) is 1.68. The molecule has 0 aromatic carbocycles. The second kappa shape index (κ2) is 6.39. The van der Waals surface area contributed by atoms with E-state index in [1.54, 1.807) is 18.0 Å². The summed E-state index contributed by atoms with van der Waals surface area (Å²) >= 11 is 0. The summed E-state index contributed by atoms with van der Waals surface area (Å²) in [4.78, 5) is 8.63. The monoisotopic (exact) mass is 289 g/mol. The quantitative estimate of drug-likeness (QED) is 0.916. The lowest BCUT2D eigenvalue weighted by Crippen LogP contribution is -2.28. The van der Waals surface area contributed by atoms with Crippen molar-refractivity contribution in [2.45, 2.75) is 51.7 Å². The third-order valence-electron chi connectivity index (χ3n) is 4.31. The van der Waals surface area contributed by atoms with E-state index in [-0.39, 0.29) is 0 Å². The highest BCUT2D eigenvalue weighted by Gasteiger charge is 2.21. The highest BCUT2D eigenvalue weighted by atomic mass is 16.5. The largest absolute Gasteiger partial charge is 0.378 e. The second-order valence-corrected chi connectivity index (χ2v) is 5.82. The predicted octanol–water partition coefficient (Wildman–Crippen LogP) is 2.65. The van der Waals surface area contributed by atoms with Crippen molar-refractivity contribution in [2.75, 3.05) is 12.4 Å². The first-order valence-electron chi connectivity index (χ1n) is 7.75. The van der Waals surface area contributed by atoms with Gasteiger partial charge in [-0.05, 0) is 18.8 Å². The summed E-state index contributed by atoms with van der Waals surface area (Å²) < 4.78 is 6.96. The maximum Gasteiger partial charge on any atom is 0.254 e. The van der Waals surface area contributed by atoms with Crippen LogP contribution in [-0.2, 0) is 11.3 Å². The number of aromatic nitrogens is 4. The third kappa shape index (κ3) is 3.15. The van der Waals surface area contributed by atoms with Crippen LogP contribution in [-0.4, -0.2) is 32.7 Å². The number of methoxy groups -OCH3 is 1. The summed E-state index contributed by atoms with van der Waals surface area (Å²) in [5.74, 6) is 2.42. The zero-order chi connectivity index (χ0) is 14.7. The molecule has 0 saturated heterocycles. The minimum absolute atomic E-state index is 0.486. The Morgan fingerprint density at radius 3 is 3.14 bits per heavy atom. The third-order valence-corrected chi connectivity index (χ3v) is 4.31. The Labute approximate surface area is 124 Å². The van der Waals surface area contributed by atoms with Crippen LogP contribution < -0.4 is 5.32 Å². The Hall–Kier alpha value is -1.69. The number of anilines is 1. The van der Waals surface area contributed by atoms with Gasteiger partial charge < -0.3 is 10.1 Å². The van der Waals surface area contributed by atoms with E-state index in [2.05, 4.69) is 27.3 Å². The normalized spacial score (nSPS) is 22.6. The van der Waals surface area contributed by atoms with Gasteiger partial charge in [-0.1, -0.05) is 26.2 Å². The molecule has 21 heavy (non-hydrogen) atoms. The van der Waals surface area contributed by atoms with E-state index < -0.39 is 0 Å². The Morgan fingerprint density at radius 2 is 2.33 bits per heavy atom. The van der Waals surface area contributed by atoms with Crippen LogP contribution in [0.3, 0.4) is 0 Å². The molecule has 2 heterocycles. The van der Waals surface area contributed by atoms with E-state index >= 15 is 0 Å². The molecule has 1 aliphatic carbocycles. The van der Waals surface area contributed by atoms with Crippen molar-refractivity contribution in [3.05, 3.63) is 18.1 Å². The molecule has 6 heteroatoms. The zero-order valence-electron chi connectivity index (χ0n) is 12.7. The van der Waals surface area contributed by atoms with E-state index in [4.69, 9.17) is 4.74 Å². The van der Waals surface area contributed by atoms with Crippen molar-refractivity contribution in [3.63, 3.8) is 0 Å². The topological polar surface area (TPSA) is 64.3 Å². The smallest absolute Gasteiger partial charge is 0.254 e. The van der Waals surface area contributed by atoms with Gasteiger partial charge >= 0.3 is 0 Å². The molecule has 0 bridgehead atoms. The number of ether oxygens (including phenoxy) is 1. The van der Waals surface area contributed by atoms with Crippen LogP contribution in [0.5, 0.6) is 0 Å². The van der Waals surface area contributed by atoms with E-state index in [0.717, 1.165) is 17.4 Å². The zero-order valence-corrected chi connectivity index (χ0v) is 12.7. The summed E-state index contributed by atoms with van der Waals surface area (Å²) in [6.45, 7) is 2.77.